The maximum Gasteiger partial charge on any atom is 0.230 e. The first-order chi connectivity index (χ1) is 10.00. The standard InChI is InChI=1S/C16H25N3O2/c1-16(2,13-3-5-14(17)6-4-13)15(20)18-7-8-19-9-11-21-12-10-19/h3-6H,7-12,17H2,1-2H3,(H,18,20). The van der Waals surface area contributed by atoms with Gasteiger partial charge < -0.3 is 15.8 Å². The van der Waals surface area contributed by atoms with Crippen molar-refractivity contribution in [2.75, 3.05) is 45.1 Å². The molecule has 1 aliphatic heterocycles. The monoisotopic (exact) mass is 291 g/mol. The average Bonchev–Trinajstić information content (AvgIpc) is 2.48. The van der Waals surface area contributed by atoms with Gasteiger partial charge in [-0.1, -0.05) is 12.1 Å². The Morgan fingerprint density at radius 1 is 1.29 bits per heavy atom. The van der Waals surface area contributed by atoms with E-state index < -0.39 is 5.41 Å². The summed E-state index contributed by atoms with van der Waals surface area (Å²) in [6, 6.07) is 7.49. The summed E-state index contributed by atoms with van der Waals surface area (Å²) in [5.41, 5.74) is 6.82. The maximum absolute atomic E-state index is 12.4. The van der Waals surface area contributed by atoms with Crippen molar-refractivity contribution in [1.82, 2.24) is 10.2 Å². The molecule has 5 nitrogen and oxygen atoms in total. The molecular weight excluding hydrogens is 266 g/mol. The highest BCUT2D eigenvalue weighted by Gasteiger charge is 2.29. The molecule has 0 unspecified atom stereocenters. The van der Waals surface area contributed by atoms with Crippen molar-refractivity contribution in [3.63, 3.8) is 0 Å². The zero-order valence-corrected chi connectivity index (χ0v) is 12.9. The molecule has 2 rings (SSSR count). The van der Waals surface area contributed by atoms with Crippen molar-refractivity contribution in [1.29, 1.82) is 0 Å². The van der Waals surface area contributed by atoms with Crippen LogP contribution in [0.1, 0.15) is 19.4 Å². The molecule has 3 N–H and O–H groups in total. The number of morpholine rings is 1. The number of nitrogen functional groups attached to an aromatic ring is 1. The fourth-order valence-corrected chi connectivity index (χ4v) is 2.40. The Labute approximate surface area is 126 Å². The van der Waals surface area contributed by atoms with E-state index in [9.17, 15) is 4.79 Å². The molecule has 1 amide bonds. The van der Waals surface area contributed by atoms with Crippen LogP contribution in [0.4, 0.5) is 5.69 Å². The molecule has 0 radical (unpaired) electrons. The van der Waals surface area contributed by atoms with E-state index in [2.05, 4.69) is 10.2 Å². The van der Waals surface area contributed by atoms with Crippen LogP contribution in [0, 0.1) is 0 Å². The Kier molecular flexibility index (Phi) is 5.20. The first-order valence-electron chi connectivity index (χ1n) is 7.44. The number of rotatable bonds is 5. The first-order valence-corrected chi connectivity index (χ1v) is 7.44. The van der Waals surface area contributed by atoms with Gasteiger partial charge >= 0.3 is 0 Å². The van der Waals surface area contributed by atoms with Crippen molar-refractivity contribution in [2.45, 2.75) is 19.3 Å². The van der Waals surface area contributed by atoms with Crippen LogP contribution in [-0.4, -0.2) is 50.2 Å². The molecule has 0 bridgehead atoms. The SMILES string of the molecule is CC(C)(C(=O)NCCN1CCOCC1)c1ccc(N)cc1. The van der Waals surface area contributed by atoms with Crippen LogP contribution in [0.15, 0.2) is 24.3 Å². The van der Waals surface area contributed by atoms with Gasteiger partial charge in [-0.15, -0.1) is 0 Å². The number of nitrogens with one attached hydrogen (secondary N) is 1. The molecular formula is C16H25N3O2. The number of nitrogens with two attached hydrogens (primary N) is 1. The van der Waals surface area contributed by atoms with E-state index in [1.807, 2.05) is 38.1 Å². The lowest BCUT2D eigenvalue weighted by Gasteiger charge is -2.28. The Bertz CT molecular complexity index is 465. The molecule has 0 aliphatic carbocycles. The number of benzene rings is 1. The van der Waals surface area contributed by atoms with Crippen molar-refractivity contribution in [3.05, 3.63) is 29.8 Å². The topological polar surface area (TPSA) is 67.6 Å². The lowest BCUT2D eigenvalue weighted by Crippen LogP contribution is -2.45. The quantitative estimate of drug-likeness (QED) is 0.794. The minimum absolute atomic E-state index is 0.0422. The fraction of sp³-hybridized carbons (Fsp3) is 0.562. The third kappa shape index (κ3) is 4.19. The van der Waals surface area contributed by atoms with Crippen LogP contribution in [0.25, 0.3) is 0 Å². The number of anilines is 1. The average molecular weight is 291 g/mol. The largest absolute Gasteiger partial charge is 0.399 e. The summed E-state index contributed by atoms with van der Waals surface area (Å²) in [7, 11) is 0. The molecule has 0 saturated carbocycles. The van der Waals surface area contributed by atoms with Gasteiger partial charge in [0.05, 0.1) is 18.6 Å². The number of nitrogens with zero attached hydrogens (tertiary/aromatic N) is 1. The van der Waals surface area contributed by atoms with Crippen LogP contribution in [0.2, 0.25) is 0 Å². The number of hydrogen-bond acceptors (Lipinski definition) is 4. The molecule has 1 saturated heterocycles. The number of carbonyl (C=O) groups is 1. The molecule has 1 aliphatic rings. The van der Waals surface area contributed by atoms with Crippen LogP contribution in [0.3, 0.4) is 0 Å². The highest BCUT2D eigenvalue weighted by Crippen LogP contribution is 2.24. The molecule has 1 aromatic rings. The zero-order chi connectivity index (χ0) is 15.3. The summed E-state index contributed by atoms with van der Waals surface area (Å²) in [6.07, 6.45) is 0. The minimum Gasteiger partial charge on any atom is -0.399 e. The van der Waals surface area contributed by atoms with E-state index in [0.29, 0.717) is 12.2 Å². The third-order valence-electron chi connectivity index (χ3n) is 4.02. The molecule has 1 fully saturated rings. The summed E-state index contributed by atoms with van der Waals surface area (Å²) in [4.78, 5) is 14.7. The van der Waals surface area contributed by atoms with Crippen LogP contribution < -0.4 is 11.1 Å². The van der Waals surface area contributed by atoms with E-state index >= 15 is 0 Å². The van der Waals surface area contributed by atoms with E-state index in [1.165, 1.54) is 0 Å². The second kappa shape index (κ2) is 6.91. The highest BCUT2D eigenvalue weighted by molar-refractivity contribution is 5.87. The number of amides is 1. The maximum atomic E-state index is 12.4. The van der Waals surface area contributed by atoms with Gasteiger partial charge in [-0.05, 0) is 31.5 Å². The summed E-state index contributed by atoms with van der Waals surface area (Å²) in [6.45, 7) is 8.85. The second-order valence-corrected chi connectivity index (χ2v) is 5.96. The van der Waals surface area contributed by atoms with Gasteiger partial charge in [0.1, 0.15) is 0 Å². The molecule has 0 spiro atoms. The molecule has 1 heterocycles. The van der Waals surface area contributed by atoms with Gasteiger partial charge in [-0.3, -0.25) is 9.69 Å². The van der Waals surface area contributed by atoms with Crippen molar-refractivity contribution in [3.8, 4) is 0 Å². The van der Waals surface area contributed by atoms with E-state index in [0.717, 1.165) is 38.4 Å². The van der Waals surface area contributed by atoms with E-state index in [4.69, 9.17) is 10.5 Å². The molecule has 21 heavy (non-hydrogen) atoms. The van der Waals surface area contributed by atoms with Crippen molar-refractivity contribution in [2.24, 2.45) is 0 Å². The Balaban J connectivity index is 1.84. The number of ether oxygens (including phenoxy) is 1. The fourth-order valence-electron chi connectivity index (χ4n) is 2.40. The van der Waals surface area contributed by atoms with Gasteiger partial charge in [0.25, 0.3) is 0 Å². The Morgan fingerprint density at radius 2 is 1.90 bits per heavy atom. The first kappa shape index (κ1) is 15.8. The molecule has 1 aromatic carbocycles. The van der Waals surface area contributed by atoms with E-state index in [1.54, 1.807) is 0 Å². The second-order valence-electron chi connectivity index (χ2n) is 5.96. The van der Waals surface area contributed by atoms with Crippen LogP contribution in [-0.2, 0) is 14.9 Å². The van der Waals surface area contributed by atoms with Crippen molar-refractivity contribution >= 4 is 11.6 Å². The smallest absolute Gasteiger partial charge is 0.230 e. The lowest BCUT2D eigenvalue weighted by atomic mass is 9.83. The predicted octanol–water partition coefficient (Wildman–Crippen LogP) is 0.995. The lowest BCUT2D eigenvalue weighted by molar-refractivity contribution is -0.125. The summed E-state index contributed by atoms with van der Waals surface area (Å²) >= 11 is 0. The Hall–Kier alpha value is -1.59. The van der Waals surface area contributed by atoms with Crippen LogP contribution in [0.5, 0.6) is 0 Å². The van der Waals surface area contributed by atoms with Gasteiger partial charge in [-0.25, -0.2) is 0 Å². The van der Waals surface area contributed by atoms with E-state index in [-0.39, 0.29) is 5.91 Å². The van der Waals surface area contributed by atoms with Gasteiger partial charge in [0.2, 0.25) is 5.91 Å². The highest BCUT2D eigenvalue weighted by atomic mass is 16.5. The zero-order valence-electron chi connectivity index (χ0n) is 12.9. The molecule has 0 atom stereocenters. The summed E-state index contributed by atoms with van der Waals surface area (Å²) < 4.78 is 5.31. The van der Waals surface area contributed by atoms with Crippen molar-refractivity contribution < 1.29 is 9.53 Å². The van der Waals surface area contributed by atoms with Crippen LogP contribution >= 0.6 is 0 Å². The Morgan fingerprint density at radius 3 is 2.52 bits per heavy atom. The molecule has 116 valence electrons. The molecule has 5 heteroatoms. The number of carbonyl (C=O) groups excluding carboxylic acids is 1. The number of hydrogen-bond donors (Lipinski definition) is 2. The minimum atomic E-state index is -0.557. The normalized spacial score (nSPS) is 16.7. The van der Waals surface area contributed by atoms with Gasteiger partial charge in [-0.2, -0.15) is 0 Å². The summed E-state index contributed by atoms with van der Waals surface area (Å²) in [5.74, 6) is 0.0422. The third-order valence-corrected chi connectivity index (χ3v) is 4.02. The summed E-state index contributed by atoms with van der Waals surface area (Å²) in [5, 5.41) is 3.03. The van der Waals surface area contributed by atoms with Gasteiger partial charge in [0, 0.05) is 31.9 Å². The predicted molar refractivity (Wildman–Crippen MR) is 84.1 cm³/mol. The molecule has 0 aromatic heterocycles. The van der Waals surface area contributed by atoms with Gasteiger partial charge in [0.15, 0.2) is 0 Å².